The van der Waals surface area contributed by atoms with Gasteiger partial charge in [-0.1, -0.05) is 12.1 Å². The normalized spacial score (nSPS) is 15.8. The maximum absolute atomic E-state index is 12.8. The minimum Gasteiger partial charge on any atom is -0.358 e. The summed E-state index contributed by atoms with van der Waals surface area (Å²) in [5.41, 5.74) is 5.27. The van der Waals surface area contributed by atoms with Crippen molar-refractivity contribution in [1.29, 1.82) is 0 Å². The number of hydrogen-bond donors (Lipinski definition) is 2. The molecule has 0 bridgehead atoms. The lowest BCUT2D eigenvalue weighted by molar-refractivity contribution is 0.0737. The number of H-pyrrole nitrogens is 1. The number of nitrogens with one attached hydrogen (secondary N) is 2. The number of rotatable bonds is 1. The topological polar surface area (TPSA) is 48.1 Å². The smallest absolute Gasteiger partial charge is 0.256 e. The first-order valence-electron chi connectivity index (χ1n) is 7.18. The van der Waals surface area contributed by atoms with Crippen molar-refractivity contribution < 1.29 is 4.79 Å². The van der Waals surface area contributed by atoms with Crippen LogP contribution in [-0.2, 0) is 0 Å². The highest BCUT2D eigenvalue weighted by Crippen LogP contribution is 2.29. The van der Waals surface area contributed by atoms with E-state index in [1.807, 2.05) is 11.8 Å². The molecular weight excluding hydrogens is 250 g/mol. The molecule has 1 saturated heterocycles. The SMILES string of the molecule is Cc1[nH]c2c(C)ccc(C)c2c1C(=O)N1CCNCC1. The predicted octanol–water partition coefficient (Wildman–Crippen LogP) is 2.14. The van der Waals surface area contributed by atoms with Crippen molar-refractivity contribution in [2.24, 2.45) is 0 Å². The third kappa shape index (κ3) is 2.00. The van der Waals surface area contributed by atoms with Gasteiger partial charge in [-0.2, -0.15) is 0 Å². The fourth-order valence-electron chi connectivity index (χ4n) is 3.03. The maximum Gasteiger partial charge on any atom is 0.256 e. The predicted molar refractivity (Wildman–Crippen MR) is 81.3 cm³/mol. The average Bonchev–Trinajstić information content (AvgIpc) is 2.82. The molecule has 4 heteroatoms. The van der Waals surface area contributed by atoms with Gasteiger partial charge in [0.05, 0.1) is 5.56 Å². The average molecular weight is 271 g/mol. The van der Waals surface area contributed by atoms with Crippen molar-refractivity contribution in [1.82, 2.24) is 15.2 Å². The number of amides is 1. The molecular formula is C16H21N3O. The van der Waals surface area contributed by atoms with Crippen LogP contribution >= 0.6 is 0 Å². The van der Waals surface area contributed by atoms with Crippen molar-refractivity contribution in [3.63, 3.8) is 0 Å². The third-order valence-electron chi connectivity index (χ3n) is 4.18. The highest BCUT2D eigenvalue weighted by molar-refractivity contribution is 6.09. The first kappa shape index (κ1) is 13.2. The van der Waals surface area contributed by atoms with Gasteiger partial charge in [0.1, 0.15) is 0 Å². The number of piperazine rings is 1. The summed E-state index contributed by atoms with van der Waals surface area (Å²) < 4.78 is 0. The van der Waals surface area contributed by atoms with E-state index in [4.69, 9.17) is 0 Å². The van der Waals surface area contributed by atoms with E-state index >= 15 is 0 Å². The van der Waals surface area contributed by atoms with Crippen molar-refractivity contribution in [2.45, 2.75) is 20.8 Å². The fourth-order valence-corrected chi connectivity index (χ4v) is 3.03. The van der Waals surface area contributed by atoms with E-state index in [0.29, 0.717) is 0 Å². The Bertz CT molecular complexity index is 666. The molecule has 1 aromatic carbocycles. The van der Waals surface area contributed by atoms with Crippen LogP contribution in [0.3, 0.4) is 0 Å². The Morgan fingerprint density at radius 3 is 2.45 bits per heavy atom. The van der Waals surface area contributed by atoms with Gasteiger partial charge in [-0.15, -0.1) is 0 Å². The fraction of sp³-hybridized carbons (Fsp3) is 0.438. The summed E-state index contributed by atoms with van der Waals surface area (Å²) in [6.45, 7) is 9.48. The van der Waals surface area contributed by atoms with Crippen LogP contribution in [-0.4, -0.2) is 42.0 Å². The van der Waals surface area contributed by atoms with Gasteiger partial charge in [0.25, 0.3) is 5.91 Å². The summed E-state index contributed by atoms with van der Waals surface area (Å²) in [6, 6.07) is 4.20. The van der Waals surface area contributed by atoms with Crippen LogP contribution in [0.2, 0.25) is 0 Å². The molecule has 0 radical (unpaired) electrons. The molecule has 106 valence electrons. The summed E-state index contributed by atoms with van der Waals surface area (Å²) in [4.78, 5) is 18.2. The largest absolute Gasteiger partial charge is 0.358 e. The van der Waals surface area contributed by atoms with Gasteiger partial charge in [-0.25, -0.2) is 0 Å². The Morgan fingerprint density at radius 2 is 1.75 bits per heavy atom. The van der Waals surface area contributed by atoms with Gasteiger partial charge in [0.15, 0.2) is 0 Å². The molecule has 4 nitrogen and oxygen atoms in total. The summed E-state index contributed by atoms with van der Waals surface area (Å²) in [5.74, 6) is 0.156. The molecule has 1 aliphatic rings. The second kappa shape index (κ2) is 4.94. The van der Waals surface area contributed by atoms with Crippen LogP contribution in [0.25, 0.3) is 10.9 Å². The van der Waals surface area contributed by atoms with Crippen molar-refractivity contribution in [3.05, 3.63) is 34.5 Å². The van der Waals surface area contributed by atoms with Crippen LogP contribution in [0.15, 0.2) is 12.1 Å². The molecule has 1 aromatic heterocycles. The monoisotopic (exact) mass is 271 g/mol. The molecule has 0 unspecified atom stereocenters. The van der Waals surface area contributed by atoms with Crippen LogP contribution in [0.1, 0.15) is 27.2 Å². The molecule has 2 N–H and O–H groups in total. The zero-order chi connectivity index (χ0) is 14.3. The van der Waals surface area contributed by atoms with Crippen LogP contribution < -0.4 is 5.32 Å². The lowest BCUT2D eigenvalue weighted by atomic mass is 10.0. The third-order valence-corrected chi connectivity index (χ3v) is 4.18. The molecule has 20 heavy (non-hydrogen) atoms. The number of carbonyl (C=O) groups is 1. The number of carbonyl (C=O) groups excluding carboxylic acids is 1. The van der Waals surface area contributed by atoms with E-state index in [1.165, 1.54) is 5.56 Å². The molecule has 3 rings (SSSR count). The van der Waals surface area contributed by atoms with Gasteiger partial charge in [-0.05, 0) is 31.9 Å². The zero-order valence-corrected chi connectivity index (χ0v) is 12.3. The Hall–Kier alpha value is -1.81. The molecule has 1 amide bonds. The number of aromatic nitrogens is 1. The molecule has 0 spiro atoms. The Balaban J connectivity index is 2.13. The van der Waals surface area contributed by atoms with Gasteiger partial charge < -0.3 is 15.2 Å². The number of benzene rings is 1. The molecule has 0 saturated carbocycles. The Morgan fingerprint density at radius 1 is 1.10 bits per heavy atom. The van der Waals surface area contributed by atoms with Gasteiger partial charge in [-0.3, -0.25) is 4.79 Å². The lowest BCUT2D eigenvalue weighted by Gasteiger charge is -2.27. The highest BCUT2D eigenvalue weighted by atomic mass is 16.2. The van der Waals surface area contributed by atoms with E-state index < -0.39 is 0 Å². The first-order chi connectivity index (χ1) is 9.59. The van der Waals surface area contributed by atoms with E-state index in [9.17, 15) is 4.79 Å². The summed E-state index contributed by atoms with van der Waals surface area (Å²) in [6.07, 6.45) is 0. The van der Waals surface area contributed by atoms with Gasteiger partial charge in [0, 0.05) is 42.8 Å². The quantitative estimate of drug-likeness (QED) is 0.835. The second-order valence-electron chi connectivity index (χ2n) is 5.62. The standard InChI is InChI=1S/C16H21N3O/c1-10-4-5-11(2)15-13(10)14(12(3)18-15)16(20)19-8-6-17-7-9-19/h4-5,17-18H,6-9H2,1-3H3. The van der Waals surface area contributed by atoms with E-state index in [1.54, 1.807) is 0 Å². The van der Waals surface area contributed by atoms with E-state index in [2.05, 4.69) is 36.3 Å². The second-order valence-corrected chi connectivity index (χ2v) is 5.62. The van der Waals surface area contributed by atoms with Gasteiger partial charge >= 0.3 is 0 Å². The van der Waals surface area contributed by atoms with Crippen LogP contribution in [0.4, 0.5) is 0 Å². The van der Waals surface area contributed by atoms with Crippen molar-refractivity contribution in [3.8, 4) is 0 Å². The number of hydrogen-bond acceptors (Lipinski definition) is 2. The molecule has 0 aliphatic carbocycles. The Kier molecular flexibility index (Phi) is 3.26. The zero-order valence-electron chi connectivity index (χ0n) is 12.3. The molecule has 2 heterocycles. The van der Waals surface area contributed by atoms with E-state index in [0.717, 1.165) is 53.9 Å². The number of fused-ring (bicyclic) bond motifs is 1. The highest BCUT2D eigenvalue weighted by Gasteiger charge is 2.24. The van der Waals surface area contributed by atoms with Crippen molar-refractivity contribution in [2.75, 3.05) is 26.2 Å². The summed E-state index contributed by atoms with van der Waals surface area (Å²) in [5, 5.41) is 4.37. The van der Waals surface area contributed by atoms with E-state index in [-0.39, 0.29) is 5.91 Å². The minimum atomic E-state index is 0.156. The van der Waals surface area contributed by atoms with Gasteiger partial charge in [0.2, 0.25) is 0 Å². The number of nitrogens with zero attached hydrogens (tertiary/aromatic N) is 1. The number of aryl methyl sites for hydroxylation is 3. The molecule has 1 fully saturated rings. The summed E-state index contributed by atoms with van der Waals surface area (Å²) in [7, 11) is 0. The minimum absolute atomic E-state index is 0.156. The Labute approximate surface area is 119 Å². The molecule has 0 atom stereocenters. The summed E-state index contributed by atoms with van der Waals surface area (Å²) >= 11 is 0. The molecule has 2 aromatic rings. The van der Waals surface area contributed by atoms with Crippen LogP contribution in [0.5, 0.6) is 0 Å². The maximum atomic E-state index is 12.8. The lowest BCUT2D eigenvalue weighted by Crippen LogP contribution is -2.46. The first-order valence-corrected chi connectivity index (χ1v) is 7.18. The van der Waals surface area contributed by atoms with Crippen molar-refractivity contribution >= 4 is 16.8 Å². The van der Waals surface area contributed by atoms with Crippen LogP contribution in [0, 0.1) is 20.8 Å². The molecule has 1 aliphatic heterocycles. The number of aromatic amines is 1.